The summed E-state index contributed by atoms with van der Waals surface area (Å²) >= 11 is 0. The van der Waals surface area contributed by atoms with Crippen molar-refractivity contribution in [3.63, 3.8) is 0 Å². The molecule has 0 atom stereocenters. The Kier molecular flexibility index (Phi) is 5.13. The summed E-state index contributed by atoms with van der Waals surface area (Å²) in [6.45, 7) is 2.49. The number of nitrogens with one attached hydrogen (secondary N) is 2. The van der Waals surface area contributed by atoms with Crippen LogP contribution in [0.4, 0.5) is 0 Å². The van der Waals surface area contributed by atoms with Gasteiger partial charge < -0.3 is 10.1 Å². The van der Waals surface area contributed by atoms with Crippen LogP contribution in [0.2, 0.25) is 0 Å². The number of amides is 1. The van der Waals surface area contributed by atoms with E-state index < -0.39 is 11.2 Å². The van der Waals surface area contributed by atoms with Gasteiger partial charge >= 0.3 is 5.69 Å². The number of nitrogens with zero attached hydrogens (tertiary/aromatic N) is 1. The van der Waals surface area contributed by atoms with Gasteiger partial charge in [-0.05, 0) is 19.1 Å². The van der Waals surface area contributed by atoms with Crippen LogP contribution >= 0.6 is 0 Å². The number of hydrogen-bond acceptors (Lipinski definition) is 4. The highest BCUT2D eigenvalue weighted by Crippen LogP contribution is 2.10. The second-order valence-electron chi connectivity index (χ2n) is 4.75. The first kappa shape index (κ1) is 15.6. The van der Waals surface area contributed by atoms with E-state index in [0.717, 1.165) is 15.9 Å². The van der Waals surface area contributed by atoms with E-state index in [1.54, 1.807) is 0 Å². The normalized spacial score (nSPS) is 10.2. The fraction of sp³-hybridized carbons (Fsp3) is 0.267. The lowest BCUT2D eigenvalue weighted by atomic mass is 10.2. The predicted molar refractivity (Wildman–Crippen MR) is 81.0 cm³/mol. The monoisotopic (exact) mass is 303 g/mol. The van der Waals surface area contributed by atoms with E-state index in [2.05, 4.69) is 10.3 Å². The lowest BCUT2D eigenvalue weighted by Gasteiger charge is -2.08. The van der Waals surface area contributed by atoms with Crippen LogP contribution in [0.3, 0.4) is 0 Å². The highest BCUT2D eigenvalue weighted by molar-refractivity contribution is 5.75. The predicted octanol–water partition coefficient (Wildman–Crippen LogP) is 0.0402. The second-order valence-corrected chi connectivity index (χ2v) is 4.75. The average Bonchev–Trinajstić information content (AvgIpc) is 2.48. The Hall–Kier alpha value is -2.83. The summed E-state index contributed by atoms with van der Waals surface area (Å²) < 4.78 is 6.59. The SMILES string of the molecule is Cc1ccc(OCCNC(=O)Cn2ccc(=O)[nH]c2=O)cc1. The van der Waals surface area contributed by atoms with Crippen LogP contribution in [0.1, 0.15) is 5.56 Å². The molecule has 0 spiro atoms. The highest BCUT2D eigenvalue weighted by atomic mass is 16.5. The van der Waals surface area contributed by atoms with Gasteiger partial charge in [-0.1, -0.05) is 17.7 Å². The molecule has 2 aromatic rings. The number of aryl methyl sites for hydroxylation is 1. The number of hydrogen-bond donors (Lipinski definition) is 2. The molecule has 1 aromatic carbocycles. The van der Waals surface area contributed by atoms with E-state index in [1.807, 2.05) is 31.2 Å². The van der Waals surface area contributed by atoms with Crippen LogP contribution in [0.25, 0.3) is 0 Å². The number of aromatic nitrogens is 2. The topological polar surface area (TPSA) is 93.2 Å². The molecule has 0 aliphatic heterocycles. The van der Waals surface area contributed by atoms with Gasteiger partial charge in [-0.2, -0.15) is 0 Å². The maximum absolute atomic E-state index is 11.7. The Balaban J connectivity index is 1.75. The second kappa shape index (κ2) is 7.26. The first-order valence-electron chi connectivity index (χ1n) is 6.80. The van der Waals surface area contributed by atoms with E-state index in [9.17, 15) is 14.4 Å². The van der Waals surface area contributed by atoms with Crippen molar-refractivity contribution in [2.24, 2.45) is 0 Å². The third-order valence-electron chi connectivity index (χ3n) is 2.92. The maximum Gasteiger partial charge on any atom is 0.328 e. The summed E-state index contributed by atoms with van der Waals surface area (Å²) in [5.74, 6) is 0.401. The molecular formula is C15H17N3O4. The Morgan fingerprint density at radius 1 is 1.23 bits per heavy atom. The maximum atomic E-state index is 11.7. The molecule has 0 fully saturated rings. The van der Waals surface area contributed by atoms with Crippen molar-refractivity contribution in [2.45, 2.75) is 13.5 Å². The van der Waals surface area contributed by atoms with Gasteiger partial charge in [0, 0.05) is 12.3 Å². The van der Waals surface area contributed by atoms with Gasteiger partial charge in [-0.25, -0.2) is 4.79 Å². The Bertz CT molecular complexity index is 746. The van der Waals surface area contributed by atoms with E-state index in [0.29, 0.717) is 13.2 Å². The highest BCUT2D eigenvalue weighted by Gasteiger charge is 2.04. The molecule has 1 amide bonds. The molecule has 0 aliphatic carbocycles. The molecule has 116 valence electrons. The summed E-state index contributed by atoms with van der Waals surface area (Å²) in [6.07, 6.45) is 1.28. The van der Waals surface area contributed by atoms with Gasteiger partial charge in [0.2, 0.25) is 5.91 Å². The summed E-state index contributed by atoms with van der Waals surface area (Å²) in [4.78, 5) is 36.1. The standard InChI is InChI=1S/C15H17N3O4/c1-11-2-4-12(5-3-11)22-9-7-16-14(20)10-18-8-6-13(19)17-15(18)21/h2-6,8H,7,9-10H2,1H3,(H,16,20)(H,17,19,21). The molecule has 0 unspecified atom stereocenters. The molecule has 1 heterocycles. The third-order valence-corrected chi connectivity index (χ3v) is 2.92. The van der Waals surface area contributed by atoms with E-state index in [4.69, 9.17) is 4.74 Å². The molecule has 0 aliphatic rings. The van der Waals surface area contributed by atoms with Crippen molar-refractivity contribution in [1.82, 2.24) is 14.9 Å². The van der Waals surface area contributed by atoms with E-state index in [-0.39, 0.29) is 12.5 Å². The van der Waals surface area contributed by atoms with Crippen LogP contribution in [0.15, 0.2) is 46.1 Å². The third kappa shape index (κ3) is 4.62. The summed E-state index contributed by atoms with van der Waals surface area (Å²) in [5.41, 5.74) is 0.0405. The van der Waals surface area contributed by atoms with Gasteiger partial charge in [-0.15, -0.1) is 0 Å². The minimum Gasteiger partial charge on any atom is -0.492 e. The fourth-order valence-electron chi connectivity index (χ4n) is 1.77. The van der Waals surface area contributed by atoms with Crippen LogP contribution in [0.5, 0.6) is 5.75 Å². The number of carbonyl (C=O) groups excluding carboxylic acids is 1. The summed E-state index contributed by atoms with van der Waals surface area (Å²) in [7, 11) is 0. The Morgan fingerprint density at radius 2 is 1.95 bits per heavy atom. The largest absolute Gasteiger partial charge is 0.492 e. The number of rotatable bonds is 6. The first-order valence-corrected chi connectivity index (χ1v) is 6.80. The van der Waals surface area contributed by atoms with Crippen molar-refractivity contribution in [3.05, 3.63) is 62.9 Å². The van der Waals surface area contributed by atoms with Crippen LogP contribution < -0.4 is 21.3 Å². The number of benzene rings is 1. The average molecular weight is 303 g/mol. The van der Waals surface area contributed by atoms with Crippen molar-refractivity contribution in [2.75, 3.05) is 13.2 Å². The van der Waals surface area contributed by atoms with Gasteiger partial charge in [0.1, 0.15) is 18.9 Å². The van der Waals surface area contributed by atoms with Gasteiger partial charge in [0.15, 0.2) is 0 Å². The van der Waals surface area contributed by atoms with Gasteiger partial charge in [0.25, 0.3) is 5.56 Å². The zero-order valence-corrected chi connectivity index (χ0v) is 12.2. The number of H-pyrrole nitrogens is 1. The zero-order valence-electron chi connectivity index (χ0n) is 12.2. The lowest BCUT2D eigenvalue weighted by molar-refractivity contribution is -0.121. The molecule has 1 aromatic heterocycles. The molecule has 0 radical (unpaired) electrons. The number of aromatic amines is 1. The minimum absolute atomic E-state index is 0.153. The van der Waals surface area contributed by atoms with Crippen molar-refractivity contribution in [3.8, 4) is 5.75 Å². The van der Waals surface area contributed by atoms with Crippen molar-refractivity contribution in [1.29, 1.82) is 0 Å². The van der Waals surface area contributed by atoms with E-state index >= 15 is 0 Å². The first-order chi connectivity index (χ1) is 10.5. The van der Waals surface area contributed by atoms with Crippen molar-refractivity contribution < 1.29 is 9.53 Å². The molecular weight excluding hydrogens is 286 g/mol. The number of ether oxygens (including phenoxy) is 1. The lowest BCUT2D eigenvalue weighted by Crippen LogP contribution is -2.36. The summed E-state index contributed by atoms with van der Waals surface area (Å²) in [6, 6.07) is 8.79. The molecule has 2 N–H and O–H groups in total. The number of carbonyl (C=O) groups is 1. The minimum atomic E-state index is -0.612. The Labute approximate surface area is 126 Å². The molecule has 0 saturated heterocycles. The van der Waals surface area contributed by atoms with E-state index in [1.165, 1.54) is 12.3 Å². The summed E-state index contributed by atoms with van der Waals surface area (Å²) in [5, 5.41) is 2.64. The molecule has 22 heavy (non-hydrogen) atoms. The van der Waals surface area contributed by atoms with Crippen LogP contribution in [0, 0.1) is 6.92 Å². The molecule has 7 heteroatoms. The van der Waals surface area contributed by atoms with Gasteiger partial charge in [-0.3, -0.25) is 19.1 Å². The Morgan fingerprint density at radius 3 is 2.64 bits per heavy atom. The van der Waals surface area contributed by atoms with Crippen LogP contribution in [-0.2, 0) is 11.3 Å². The molecule has 2 rings (SSSR count). The zero-order chi connectivity index (χ0) is 15.9. The van der Waals surface area contributed by atoms with Crippen LogP contribution in [-0.4, -0.2) is 28.6 Å². The quantitative estimate of drug-likeness (QED) is 0.737. The molecule has 0 bridgehead atoms. The van der Waals surface area contributed by atoms with Gasteiger partial charge in [0.05, 0.1) is 6.54 Å². The molecule has 0 saturated carbocycles. The fourth-order valence-corrected chi connectivity index (χ4v) is 1.77. The smallest absolute Gasteiger partial charge is 0.328 e. The van der Waals surface area contributed by atoms with Crippen molar-refractivity contribution >= 4 is 5.91 Å². The molecule has 7 nitrogen and oxygen atoms in total.